The lowest BCUT2D eigenvalue weighted by Crippen LogP contribution is -2.34. The number of pyridine rings is 1. The van der Waals surface area contributed by atoms with Gasteiger partial charge in [0.2, 0.25) is 0 Å². The van der Waals surface area contributed by atoms with E-state index >= 15 is 0 Å². The molecular weight excluding hydrogens is 356 g/mol. The van der Waals surface area contributed by atoms with Crippen LogP contribution in [0.4, 0.5) is 17.6 Å². The van der Waals surface area contributed by atoms with Crippen LogP contribution in [0.3, 0.4) is 0 Å². The Bertz CT molecular complexity index is 748. The van der Waals surface area contributed by atoms with Crippen LogP contribution in [0.1, 0.15) is 42.3 Å². The Balaban J connectivity index is 1.87. The van der Waals surface area contributed by atoms with E-state index in [0.717, 1.165) is 18.9 Å². The molecule has 1 fully saturated rings. The Morgan fingerprint density at radius 3 is 2.72 bits per heavy atom. The quantitative estimate of drug-likeness (QED) is 0.650. The minimum Gasteiger partial charge on any atom is -0.290 e. The number of aromatic nitrogens is 1. The van der Waals surface area contributed by atoms with E-state index in [1.165, 1.54) is 18.2 Å². The van der Waals surface area contributed by atoms with E-state index in [4.69, 9.17) is 11.6 Å². The molecule has 0 amide bonds. The minimum atomic E-state index is -4.48. The first-order chi connectivity index (χ1) is 11.8. The molecule has 0 radical (unpaired) electrons. The molecule has 134 valence electrons. The van der Waals surface area contributed by atoms with Crippen molar-refractivity contribution in [3.8, 4) is 0 Å². The predicted molar refractivity (Wildman–Crippen MR) is 87.7 cm³/mol. The Kier molecular flexibility index (Phi) is 5.29. The first kappa shape index (κ1) is 18.1. The summed E-state index contributed by atoms with van der Waals surface area (Å²) in [6.45, 7) is 0.962. The topological polar surface area (TPSA) is 16.1 Å². The number of benzene rings is 1. The largest absolute Gasteiger partial charge is 0.433 e. The van der Waals surface area contributed by atoms with Gasteiger partial charge < -0.3 is 0 Å². The van der Waals surface area contributed by atoms with Crippen molar-refractivity contribution in [3.63, 3.8) is 0 Å². The molecule has 2 aromatic rings. The van der Waals surface area contributed by atoms with E-state index in [-0.39, 0.29) is 18.4 Å². The number of likely N-dealkylation sites (tertiary alicyclic amines) is 1. The van der Waals surface area contributed by atoms with Crippen molar-refractivity contribution >= 4 is 11.6 Å². The third-order valence-electron chi connectivity index (χ3n) is 4.40. The van der Waals surface area contributed by atoms with Gasteiger partial charge in [-0.25, -0.2) is 9.37 Å². The van der Waals surface area contributed by atoms with Crippen LogP contribution in [-0.4, -0.2) is 16.4 Å². The summed E-state index contributed by atoms with van der Waals surface area (Å²) in [5, 5.41) is 0.433. The van der Waals surface area contributed by atoms with E-state index in [9.17, 15) is 17.6 Å². The fourth-order valence-electron chi connectivity index (χ4n) is 3.19. The molecule has 0 saturated carbocycles. The highest BCUT2D eigenvalue weighted by Crippen LogP contribution is 2.34. The molecule has 0 spiro atoms. The molecule has 1 aromatic heterocycles. The predicted octanol–water partition coefficient (Wildman–Crippen LogP) is 5.62. The number of alkyl halides is 3. The summed E-state index contributed by atoms with van der Waals surface area (Å²) < 4.78 is 52.8. The Morgan fingerprint density at radius 1 is 1.16 bits per heavy atom. The summed E-state index contributed by atoms with van der Waals surface area (Å²) in [7, 11) is 0. The molecule has 25 heavy (non-hydrogen) atoms. The Hall–Kier alpha value is -1.66. The molecule has 1 aliphatic rings. The summed E-state index contributed by atoms with van der Waals surface area (Å²) in [5.41, 5.74) is -0.0900. The van der Waals surface area contributed by atoms with Crippen LogP contribution in [0, 0.1) is 5.82 Å². The van der Waals surface area contributed by atoms with Gasteiger partial charge in [0.1, 0.15) is 11.5 Å². The molecule has 1 aromatic carbocycles. The van der Waals surface area contributed by atoms with Gasteiger partial charge in [0.25, 0.3) is 0 Å². The summed E-state index contributed by atoms with van der Waals surface area (Å²) in [6.07, 6.45) is -1.97. The van der Waals surface area contributed by atoms with Crippen LogP contribution in [0.2, 0.25) is 5.02 Å². The van der Waals surface area contributed by atoms with Crippen molar-refractivity contribution in [2.24, 2.45) is 0 Å². The van der Waals surface area contributed by atoms with Gasteiger partial charge in [0.15, 0.2) is 0 Å². The van der Waals surface area contributed by atoms with Crippen molar-refractivity contribution in [1.82, 2.24) is 9.88 Å². The Morgan fingerprint density at radius 2 is 1.96 bits per heavy atom. The molecule has 7 heteroatoms. The van der Waals surface area contributed by atoms with Crippen molar-refractivity contribution in [3.05, 3.63) is 64.2 Å². The normalized spacial score (nSPS) is 19.2. The number of hydrogen-bond donors (Lipinski definition) is 0. The van der Waals surface area contributed by atoms with Crippen molar-refractivity contribution in [2.45, 2.75) is 38.0 Å². The number of piperidine rings is 1. The molecule has 1 unspecified atom stereocenters. The maximum absolute atomic E-state index is 14.0. The monoisotopic (exact) mass is 372 g/mol. The van der Waals surface area contributed by atoms with E-state index in [2.05, 4.69) is 4.98 Å². The van der Waals surface area contributed by atoms with Gasteiger partial charge in [-0.2, -0.15) is 13.2 Å². The smallest absolute Gasteiger partial charge is 0.290 e. The lowest BCUT2D eigenvalue weighted by Gasteiger charge is -2.35. The summed E-state index contributed by atoms with van der Waals surface area (Å²) in [4.78, 5) is 5.79. The van der Waals surface area contributed by atoms with Gasteiger partial charge in [-0.05, 0) is 49.7 Å². The van der Waals surface area contributed by atoms with Gasteiger partial charge in [-0.3, -0.25) is 4.90 Å². The van der Waals surface area contributed by atoms with Gasteiger partial charge >= 0.3 is 6.18 Å². The fourth-order valence-corrected chi connectivity index (χ4v) is 3.39. The van der Waals surface area contributed by atoms with Crippen LogP contribution in [0.15, 0.2) is 36.4 Å². The zero-order chi connectivity index (χ0) is 18.0. The summed E-state index contributed by atoms with van der Waals surface area (Å²) >= 11 is 5.94. The first-order valence-corrected chi connectivity index (χ1v) is 8.44. The average Bonchev–Trinajstić information content (AvgIpc) is 2.58. The maximum Gasteiger partial charge on any atom is 0.433 e. The summed E-state index contributed by atoms with van der Waals surface area (Å²) in [6, 6.07) is 8.01. The fraction of sp³-hybridized carbons (Fsp3) is 0.389. The van der Waals surface area contributed by atoms with Crippen LogP contribution in [0.5, 0.6) is 0 Å². The number of rotatable bonds is 3. The minimum absolute atomic E-state index is 0.269. The zero-order valence-electron chi connectivity index (χ0n) is 13.4. The number of nitrogens with zero attached hydrogens (tertiary/aromatic N) is 2. The standard InChI is InChI=1S/C18H17ClF4N2/c19-13-7-8-14(20)12(10-13)11-25-9-2-1-5-16(25)15-4-3-6-17(24-15)18(21,22)23/h3-4,6-8,10,16H,1-2,5,9,11H2. The van der Waals surface area contributed by atoms with E-state index in [1.54, 1.807) is 12.1 Å². The SMILES string of the molecule is Fc1ccc(Cl)cc1CN1CCCCC1c1cccc(C(F)(F)F)n1. The van der Waals surface area contributed by atoms with Crippen LogP contribution >= 0.6 is 11.6 Å². The van der Waals surface area contributed by atoms with Crippen molar-refractivity contribution in [2.75, 3.05) is 6.54 Å². The van der Waals surface area contributed by atoms with E-state index in [0.29, 0.717) is 29.2 Å². The second kappa shape index (κ2) is 7.30. The molecule has 2 heterocycles. The number of halogens is 5. The number of hydrogen-bond acceptors (Lipinski definition) is 2. The average molecular weight is 373 g/mol. The first-order valence-electron chi connectivity index (χ1n) is 8.07. The van der Waals surface area contributed by atoms with Gasteiger partial charge in [-0.15, -0.1) is 0 Å². The van der Waals surface area contributed by atoms with E-state index in [1.807, 2.05) is 4.90 Å². The van der Waals surface area contributed by atoms with Crippen molar-refractivity contribution in [1.29, 1.82) is 0 Å². The van der Waals surface area contributed by atoms with Gasteiger partial charge in [0, 0.05) is 17.1 Å². The lowest BCUT2D eigenvalue weighted by molar-refractivity contribution is -0.141. The molecule has 2 nitrogen and oxygen atoms in total. The Labute approximate surface area is 148 Å². The van der Waals surface area contributed by atoms with E-state index < -0.39 is 11.9 Å². The second-order valence-electron chi connectivity index (χ2n) is 6.16. The second-order valence-corrected chi connectivity index (χ2v) is 6.60. The molecule has 1 atom stereocenters. The molecule has 1 aliphatic heterocycles. The highest BCUT2D eigenvalue weighted by atomic mass is 35.5. The van der Waals surface area contributed by atoms with Crippen LogP contribution < -0.4 is 0 Å². The molecular formula is C18H17ClF4N2. The van der Waals surface area contributed by atoms with Crippen LogP contribution in [-0.2, 0) is 12.7 Å². The molecule has 0 N–H and O–H groups in total. The highest BCUT2D eigenvalue weighted by Gasteiger charge is 2.34. The zero-order valence-corrected chi connectivity index (χ0v) is 14.1. The molecule has 0 aliphatic carbocycles. The molecule has 1 saturated heterocycles. The van der Waals surface area contributed by atoms with Gasteiger partial charge in [-0.1, -0.05) is 24.1 Å². The molecule has 0 bridgehead atoms. The highest BCUT2D eigenvalue weighted by molar-refractivity contribution is 6.30. The third-order valence-corrected chi connectivity index (χ3v) is 4.63. The van der Waals surface area contributed by atoms with Gasteiger partial charge in [0.05, 0.1) is 11.7 Å². The lowest BCUT2D eigenvalue weighted by atomic mass is 9.97. The summed E-state index contributed by atoms with van der Waals surface area (Å²) in [5.74, 6) is -0.370. The van der Waals surface area contributed by atoms with Crippen molar-refractivity contribution < 1.29 is 17.6 Å². The van der Waals surface area contributed by atoms with Crippen LogP contribution in [0.25, 0.3) is 0 Å². The molecule has 3 rings (SSSR count). The maximum atomic E-state index is 14.0. The third kappa shape index (κ3) is 4.30.